The number of fused-ring (bicyclic) bond motifs is 2. The number of aryl methyl sites for hydroxylation is 2. The summed E-state index contributed by atoms with van der Waals surface area (Å²) in [7, 11) is 0. The molecule has 0 saturated carbocycles. The average molecular weight is 798 g/mol. The molecule has 242 valence electrons. The van der Waals surface area contributed by atoms with Crippen LogP contribution >= 0.6 is 0 Å². The normalized spacial score (nSPS) is 18.2. The van der Waals surface area contributed by atoms with Gasteiger partial charge in [0.15, 0.2) is 0 Å². The van der Waals surface area contributed by atoms with Crippen molar-refractivity contribution in [3.63, 3.8) is 0 Å². The topological polar surface area (TPSA) is 47.0 Å². The molecule has 0 saturated heterocycles. The van der Waals surface area contributed by atoms with Crippen LogP contribution in [-0.2, 0) is 42.0 Å². The molecule has 3 aromatic carbocycles. The van der Waals surface area contributed by atoms with Gasteiger partial charge in [-0.3, -0.25) is 4.99 Å². The zero-order valence-electron chi connectivity index (χ0n) is 31.5. The summed E-state index contributed by atoms with van der Waals surface area (Å²) in [5, 5.41) is 0. The molecule has 2 aliphatic rings. The Morgan fingerprint density at radius 2 is 1.61 bits per heavy atom. The molecule has 0 N–H and O–H groups in total. The van der Waals surface area contributed by atoms with Gasteiger partial charge in [0.2, 0.25) is 0 Å². The summed E-state index contributed by atoms with van der Waals surface area (Å²) in [6, 6.07) is 22.9. The van der Waals surface area contributed by atoms with Crippen molar-refractivity contribution in [2.24, 2.45) is 4.99 Å². The Balaban J connectivity index is 0.00000468. The molecule has 0 radical (unpaired) electrons. The van der Waals surface area contributed by atoms with Gasteiger partial charge < -0.3 is 14.4 Å². The Bertz CT molecular complexity index is 1940. The first-order valence-corrected chi connectivity index (χ1v) is 15.6. The van der Waals surface area contributed by atoms with Gasteiger partial charge in [-0.2, -0.15) is 5.56 Å². The van der Waals surface area contributed by atoms with E-state index in [9.17, 15) is 0 Å². The summed E-state index contributed by atoms with van der Waals surface area (Å²) in [4.78, 5) is 11.6. The quantitative estimate of drug-likeness (QED) is 0.193. The van der Waals surface area contributed by atoms with Crippen LogP contribution in [0.1, 0.15) is 105 Å². The molecule has 5 nitrogen and oxygen atoms in total. The van der Waals surface area contributed by atoms with Crippen LogP contribution in [0, 0.1) is 26.0 Å². The van der Waals surface area contributed by atoms with Gasteiger partial charge in [-0.25, -0.2) is 4.98 Å². The second kappa shape index (κ2) is 12.0. The van der Waals surface area contributed by atoms with Gasteiger partial charge in [-0.05, 0) is 53.4 Å². The van der Waals surface area contributed by atoms with Crippen LogP contribution < -0.4 is 9.64 Å². The first-order chi connectivity index (χ1) is 22.2. The van der Waals surface area contributed by atoms with Gasteiger partial charge in [-0.1, -0.05) is 97.8 Å². The van der Waals surface area contributed by atoms with E-state index in [-0.39, 0.29) is 49.8 Å². The summed E-state index contributed by atoms with van der Waals surface area (Å²) < 4.78 is 35.7. The summed E-state index contributed by atoms with van der Waals surface area (Å²) in [6.45, 7) is 19.5. The van der Waals surface area contributed by atoms with Crippen LogP contribution in [0.25, 0.3) is 0 Å². The van der Waals surface area contributed by atoms with E-state index < -0.39 is 12.9 Å². The van der Waals surface area contributed by atoms with Crippen molar-refractivity contribution < 1.29 is 34.7 Å². The minimum atomic E-state index is -2.24. The number of aromatic nitrogens is 1. The minimum absolute atomic E-state index is 0. The molecule has 0 aliphatic carbocycles. The number of hydrogen-bond acceptors (Lipinski definition) is 5. The van der Waals surface area contributed by atoms with Crippen LogP contribution in [0.15, 0.2) is 59.7 Å². The zero-order valence-corrected chi connectivity index (χ0v) is 30.7. The summed E-state index contributed by atoms with van der Waals surface area (Å²) in [5.41, 5.74) is 8.71. The monoisotopic (exact) mass is 797 g/mol. The number of aliphatic imine (C=N–C) groups is 1. The third kappa shape index (κ3) is 6.41. The molecule has 6 heteroatoms. The maximum Gasteiger partial charge on any atom is 2.00 e. The predicted molar refractivity (Wildman–Crippen MR) is 184 cm³/mol. The third-order valence-corrected chi connectivity index (χ3v) is 8.69. The second-order valence-electron chi connectivity index (χ2n) is 15.0. The Kier molecular flexibility index (Phi) is 7.80. The smallest absolute Gasteiger partial charge is 0.518 e. The Hall–Kier alpha value is -3.43. The first-order valence-electron chi connectivity index (χ1n) is 17.1. The van der Waals surface area contributed by atoms with Gasteiger partial charge in [0.1, 0.15) is 11.7 Å². The van der Waals surface area contributed by atoms with Crippen molar-refractivity contribution >= 4 is 23.1 Å². The van der Waals surface area contributed by atoms with Gasteiger partial charge in [0.05, 0.1) is 12.6 Å². The maximum atomic E-state index is 7.80. The van der Waals surface area contributed by atoms with E-state index in [1.165, 1.54) is 11.1 Å². The maximum absolute atomic E-state index is 7.80. The molecular weight excluding hydrogens is 750 g/mol. The van der Waals surface area contributed by atoms with E-state index in [1.54, 1.807) is 0 Å². The fraction of sp³-hybridized carbons (Fsp3) is 0.400. The van der Waals surface area contributed by atoms with Crippen LogP contribution in [0.3, 0.4) is 0 Å². The van der Waals surface area contributed by atoms with E-state index in [4.69, 9.17) is 18.6 Å². The number of pyridine rings is 1. The fourth-order valence-corrected chi connectivity index (χ4v) is 6.03. The van der Waals surface area contributed by atoms with Crippen molar-refractivity contribution in [1.29, 1.82) is 0 Å². The molecule has 1 aromatic heterocycles. The predicted octanol–water partition coefficient (Wildman–Crippen LogP) is 9.96. The molecule has 4 aromatic rings. The van der Waals surface area contributed by atoms with E-state index in [2.05, 4.69) is 115 Å². The van der Waals surface area contributed by atoms with Gasteiger partial charge in [0.25, 0.3) is 0 Å². The molecule has 46 heavy (non-hydrogen) atoms. The molecule has 0 unspecified atom stereocenters. The second-order valence-corrected chi connectivity index (χ2v) is 15.0. The molecule has 1 atom stereocenters. The molecule has 0 bridgehead atoms. The van der Waals surface area contributed by atoms with Crippen molar-refractivity contribution in [1.82, 2.24) is 4.98 Å². The Morgan fingerprint density at radius 1 is 0.891 bits per heavy atom. The number of nitrogens with zero attached hydrogens (tertiary/aromatic N) is 3. The van der Waals surface area contributed by atoms with Gasteiger partial charge >= 0.3 is 21.1 Å². The van der Waals surface area contributed by atoms with Crippen molar-refractivity contribution in [3.8, 4) is 11.5 Å². The molecule has 0 spiro atoms. The van der Waals surface area contributed by atoms with Crippen molar-refractivity contribution in [2.45, 2.75) is 98.4 Å². The molecule has 2 aliphatic heterocycles. The minimum Gasteiger partial charge on any atom is -0.518 e. The van der Waals surface area contributed by atoms with E-state index in [1.807, 2.05) is 31.3 Å². The van der Waals surface area contributed by atoms with E-state index in [0.717, 1.165) is 39.4 Å². The molecule has 0 fully saturated rings. The number of benzene rings is 3. The van der Waals surface area contributed by atoms with Crippen molar-refractivity contribution in [3.05, 3.63) is 106 Å². The van der Waals surface area contributed by atoms with Crippen LogP contribution in [-0.4, -0.2) is 23.5 Å². The molecule has 0 amide bonds. The SMILES string of the molecule is [2H]C([2H])([2H])[C@@H]1COC(c2[c-]c(Oc3[c-]c(N4c5ccc(C(C)(C)C)cc5C(C)(C)c5cc(C)cnc54)cc(C)c3)cc(C(C)(C)C)c2)=N1.[Pt+2]. The number of ether oxygens (including phenoxy) is 2. The van der Waals surface area contributed by atoms with Crippen LogP contribution in [0.2, 0.25) is 0 Å². The van der Waals surface area contributed by atoms with Crippen LogP contribution in [0.5, 0.6) is 11.5 Å². The van der Waals surface area contributed by atoms with E-state index >= 15 is 0 Å². The summed E-state index contributed by atoms with van der Waals surface area (Å²) in [6.07, 6.45) is 1.92. The zero-order chi connectivity index (χ0) is 35.0. The Labute approximate surface area is 293 Å². The third-order valence-electron chi connectivity index (χ3n) is 8.69. The molecule has 3 heterocycles. The first kappa shape index (κ1) is 29.9. The molecule has 6 rings (SSSR count). The van der Waals surface area contributed by atoms with Crippen LogP contribution in [0.4, 0.5) is 17.2 Å². The average Bonchev–Trinajstić information content (AvgIpc) is 3.48. The number of hydrogen-bond donors (Lipinski definition) is 0. The van der Waals surface area contributed by atoms with E-state index in [0.29, 0.717) is 17.1 Å². The summed E-state index contributed by atoms with van der Waals surface area (Å²) in [5.74, 6) is 2.14. The Morgan fingerprint density at radius 3 is 2.28 bits per heavy atom. The largest absolute Gasteiger partial charge is 2.00 e. The number of anilines is 3. The number of rotatable bonds is 4. The fourth-order valence-electron chi connectivity index (χ4n) is 6.03. The standard InChI is InChI=1S/C40H45N3O2.Pt/c1-24-14-30(21-31(15-24)45-32-18-27(37-42-26(3)23-44-37)17-29(19-32)39(7,8)9)43-35-13-12-28(38(4,5)6)20-33(35)40(10,11)34-16-25(2)22-41-36(34)43;/h12-17,19-20,22,26H,23H2,1-11H3;/q-2;+2/t26-;/m1./s1/i3D3;. The van der Waals surface area contributed by atoms with Gasteiger partial charge in [0, 0.05) is 38.5 Å². The molecular formula is C40H45N3O2Pt. The summed E-state index contributed by atoms with van der Waals surface area (Å²) >= 11 is 0. The van der Waals surface area contributed by atoms with Crippen molar-refractivity contribution in [2.75, 3.05) is 11.5 Å². The van der Waals surface area contributed by atoms with Gasteiger partial charge in [-0.15, -0.1) is 29.8 Å².